The maximum atomic E-state index is 10.5. The summed E-state index contributed by atoms with van der Waals surface area (Å²) < 4.78 is 42.9. The van der Waals surface area contributed by atoms with Crippen molar-refractivity contribution in [3.8, 4) is 0 Å². The first-order chi connectivity index (χ1) is 7.80. The summed E-state index contributed by atoms with van der Waals surface area (Å²) in [6.45, 7) is -0.588. The molecule has 0 aromatic rings. The molecule has 0 spiro atoms. The summed E-state index contributed by atoms with van der Waals surface area (Å²) in [7, 11) is -3.68. The first-order valence-electron chi connectivity index (χ1n) is 4.68. The van der Waals surface area contributed by atoms with Gasteiger partial charge in [0.2, 0.25) is 0 Å². The summed E-state index contributed by atoms with van der Waals surface area (Å²) in [4.78, 5) is 0. The van der Waals surface area contributed by atoms with E-state index in [-0.39, 0.29) is 29.6 Å². The molecule has 1 fully saturated rings. The SMILES string of the molecule is CO[C@@H]1O[C@H](CO)[C@@H](O)[C@H](O)[C@H]1NS(=O)(=O)[O-].[Na+]. The molecular formula is C7H14NNaO8S. The molecule has 0 aromatic carbocycles. The molecule has 0 unspecified atom stereocenters. The van der Waals surface area contributed by atoms with Crippen molar-refractivity contribution >= 4 is 10.3 Å². The Labute approximate surface area is 126 Å². The molecule has 1 aliphatic heterocycles. The Morgan fingerprint density at radius 3 is 2.33 bits per heavy atom. The zero-order chi connectivity index (χ0) is 13.2. The van der Waals surface area contributed by atoms with Gasteiger partial charge < -0.3 is 29.3 Å². The van der Waals surface area contributed by atoms with Crippen molar-refractivity contribution in [2.75, 3.05) is 13.7 Å². The molecule has 5 atom stereocenters. The Morgan fingerprint density at radius 1 is 1.39 bits per heavy atom. The van der Waals surface area contributed by atoms with Gasteiger partial charge in [0.15, 0.2) is 16.6 Å². The summed E-state index contributed by atoms with van der Waals surface area (Å²) in [5, 5.41) is 28.0. The van der Waals surface area contributed by atoms with E-state index in [2.05, 4.69) is 0 Å². The molecule has 1 aliphatic rings. The van der Waals surface area contributed by atoms with Crippen molar-refractivity contribution in [3.05, 3.63) is 0 Å². The molecule has 4 N–H and O–H groups in total. The van der Waals surface area contributed by atoms with Crippen molar-refractivity contribution in [1.82, 2.24) is 4.72 Å². The number of methoxy groups -OCH3 is 1. The molecule has 11 heteroatoms. The Bertz CT molecular complexity index is 349. The topological polar surface area (TPSA) is 148 Å². The quantitative estimate of drug-likeness (QED) is 0.295. The van der Waals surface area contributed by atoms with Crippen LogP contribution in [0.2, 0.25) is 0 Å². The molecular weight excluding hydrogens is 281 g/mol. The van der Waals surface area contributed by atoms with E-state index in [1.165, 1.54) is 0 Å². The zero-order valence-electron chi connectivity index (χ0n) is 9.88. The summed E-state index contributed by atoms with van der Waals surface area (Å²) in [5.41, 5.74) is 0. The molecule has 1 saturated heterocycles. The molecule has 0 amide bonds. The van der Waals surface area contributed by atoms with E-state index in [0.29, 0.717) is 0 Å². The fourth-order valence-electron chi connectivity index (χ4n) is 1.58. The fraction of sp³-hybridized carbons (Fsp3) is 1.00. The molecule has 0 aromatic heterocycles. The van der Waals surface area contributed by atoms with Crippen LogP contribution < -0.4 is 34.3 Å². The van der Waals surface area contributed by atoms with Gasteiger partial charge in [-0.15, -0.1) is 0 Å². The van der Waals surface area contributed by atoms with Gasteiger partial charge in [0.1, 0.15) is 24.4 Å². The van der Waals surface area contributed by atoms with E-state index in [4.69, 9.17) is 14.6 Å². The van der Waals surface area contributed by atoms with Crippen LogP contribution in [0, 0.1) is 0 Å². The van der Waals surface area contributed by atoms with Crippen LogP contribution in [-0.4, -0.2) is 72.7 Å². The standard InChI is InChI=1S/C7H15NO8S.Na/c1-15-7-4(8-17(12,13)14)6(11)5(10)3(2-9)16-7;/h3-11H,2H2,1H3,(H,12,13,14);/q;+1/p-1/t3-,4-,5-,6-,7-;/m1./s1. The zero-order valence-corrected chi connectivity index (χ0v) is 12.7. The van der Waals surface area contributed by atoms with Crippen molar-refractivity contribution < 1.29 is 67.3 Å². The first kappa shape index (κ1) is 18.7. The van der Waals surface area contributed by atoms with Gasteiger partial charge in [-0.1, -0.05) is 0 Å². The monoisotopic (exact) mass is 295 g/mol. The normalized spacial score (nSPS) is 37.1. The third kappa shape index (κ3) is 4.65. The van der Waals surface area contributed by atoms with Gasteiger partial charge in [0, 0.05) is 7.11 Å². The summed E-state index contributed by atoms with van der Waals surface area (Å²) in [6, 6.07) is -1.44. The number of ether oxygens (including phenoxy) is 2. The fourth-order valence-corrected chi connectivity index (χ4v) is 2.16. The average molecular weight is 295 g/mol. The number of aliphatic hydroxyl groups excluding tert-OH is 3. The molecule has 18 heavy (non-hydrogen) atoms. The van der Waals surface area contributed by atoms with Crippen LogP contribution >= 0.6 is 0 Å². The second kappa shape index (κ2) is 7.45. The van der Waals surface area contributed by atoms with Gasteiger partial charge in [0.25, 0.3) is 0 Å². The number of hydrogen-bond acceptors (Lipinski definition) is 8. The Morgan fingerprint density at radius 2 is 1.94 bits per heavy atom. The Balaban J connectivity index is 0.00000289. The van der Waals surface area contributed by atoms with E-state index in [9.17, 15) is 23.2 Å². The van der Waals surface area contributed by atoms with Crippen LogP contribution in [0.4, 0.5) is 0 Å². The molecule has 0 bridgehead atoms. The number of aliphatic hydroxyl groups is 3. The van der Waals surface area contributed by atoms with E-state index < -0.39 is 47.6 Å². The van der Waals surface area contributed by atoms with Crippen LogP contribution in [0.1, 0.15) is 0 Å². The number of rotatable bonds is 4. The number of hydrogen-bond donors (Lipinski definition) is 4. The van der Waals surface area contributed by atoms with E-state index >= 15 is 0 Å². The average Bonchev–Trinajstić information content (AvgIpc) is 2.24. The van der Waals surface area contributed by atoms with Gasteiger partial charge in [-0.2, -0.15) is 0 Å². The molecule has 0 aliphatic carbocycles. The first-order valence-corrected chi connectivity index (χ1v) is 6.09. The maximum Gasteiger partial charge on any atom is 1.00 e. The summed E-state index contributed by atoms with van der Waals surface area (Å²) >= 11 is 0. The molecule has 1 rings (SSSR count). The van der Waals surface area contributed by atoms with Crippen LogP contribution in [0.15, 0.2) is 0 Å². The summed E-state index contributed by atoms with van der Waals surface area (Å²) in [6.07, 6.45) is -5.57. The van der Waals surface area contributed by atoms with Crippen molar-refractivity contribution in [2.45, 2.75) is 30.6 Å². The van der Waals surface area contributed by atoms with Gasteiger partial charge in [-0.25, -0.2) is 13.1 Å². The third-order valence-electron chi connectivity index (χ3n) is 2.39. The van der Waals surface area contributed by atoms with Gasteiger partial charge >= 0.3 is 29.6 Å². The molecule has 102 valence electrons. The van der Waals surface area contributed by atoms with Crippen molar-refractivity contribution in [3.63, 3.8) is 0 Å². The second-order valence-electron chi connectivity index (χ2n) is 3.54. The Kier molecular flexibility index (Phi) is 7.73. The minimum Gasteiger partial charge on any atom is -0.735 e. The van der Waals surface area contributed by atoms with Crippen LogP contribution in [-0.2, 0) is 19.8 Å². The smallest absolute Gasteiger partial charge is 0.735 e. The van der Waals surface area contributed by atoms with Gasteiger partial charge in [-0.3, -0.25) is 0 Å². The van der Waals surface area contributed by atoms with E-state index in [1.54, 1.807) is 4.72 Å². The van der Waals surface area contributed by atoms with Crippen molar-refractivity contribution in [1.29, 1.82) is 0 Å². The Hall–Kier alpha value is 0.670. The third-order valence-corrected chi connectivity index (χ3v) is 2.95. The predicted octanol–water partition coefficient (Wildman–Crippen LogP) is -6.51. The summed E-state index contributed by atoms with van der Waals surface area (Å²) in [5.74, 6) is 0. The van der Waals surface area contributed by atoms with Crippen molar-refractivity contribution in [2.24, 2.45) is 0 Å². The molecule has 1 heterocycles. The number of nitrogens with one attached hydrogen (secondary N) is 1. The largest absolute Gasteiger partial charge is 1.00 e. The van der Waals surface area contributed by atoms with E-state index in [0.717, 1.165) is 7.11 Å². The molecule has 0 radical (unpaired) electrons. The maximum absolute atomic E-state index is 10.5. The van der Waals surface area contributed by atoms with E-state index in [1.807, 2.05) is 0 Å². The van der Waals surface area contributed by atoms with Crippen LogP contribution in [0.5, 0.6) is 0 Å². The minimum atomic E-state index is -4.84. The van der Waals surface area contributed by atoms with Crippen LogP contribution in [0.3, 0.4) is 0 Å². The second-order valence-corrected chi connectivity index (χ2v) is 4.68. The molecule has 9 nitrogen and oxygen atoms in total. The van der Waals surface area contributed by atoms with Crippen LogP contribution in [0.25, 0.3) is 0 Å². The van der Waals surface area contributed by atoms with Gasteiger partial charge in [0.05, 0.1) is 6.61 Å². The molecule has 0 saturated carbocycles. The van der Waals surface area contributed by atoms with Gasteiger partial charge in [-0.05, 0) is 0 Å². The predicted molar refractivity (Wildman–Crippen MR) is 51.4 cm³/mol. The minimum absolute atomic E-state index is 0.